The minimum Gasteiger partial charge on any atom is -0.462 e. The average Bonchev–Trinajstić information content (AvgIpc) is 3.70. The fourth-order valence-corrected chi connectivity index (χ4v) is 12.0. The van der Waals surface area contributed by atoms with Gasteiger partial charge in [-0.2, -0.15) is 0 Å². The molecule has 0 saturated heterocycles. The maximum Gasteiger partial charge on any atom is 0.472 e. The van der Waals surface area contributed by atoms with Gasteiger partial charge in [-0.15, -0.1) is 0 Å². The number of aliphatic hydroxyl groups excluding tert-OH is 1. The van der Waals surface area contributed by atoms with E-state index in [1.165, 1.54) is 167 Å². The van der Waals surface area contributed by atoms with Crippen molar-refractivity contribution in [2.45, 2.75) is 374 Å². The third-order valence-corrected chi connectivity index (χ3v) is 17.9. The Morgan fingerprint density at radius 1 is 0.307 bits per heavy atom. The molecule has 17 nitrogen and oxygen atoms in total. The van der Waals surface area contributed by atoms with Crippen molar-refractivity contribution in [2.24, 2.45) is 5.92 Å². The van der Waals surface area contributed by atoms with Gasteiger partial charge in [0.25, 0.3) is 0 Å². The van der Waals surface area contributed by atoms with E-state index in [4.69, 9.17) is 37.0 Å². The lowest BCUT2D eigenvalue weighted by molar-refractivity contribution is -0.161. The number of phosphoric ester groups is 2. The summed E-state index contributed by atoms with van der Waals surface area (Å²) in [6.07, 6.45) is 48.7. The van der Waals surface area contributed by atoms with Crippen molar-refractivity contribution in [1.29, 1.82) is 0 Å². The van der Waals surface area contributed by atoms with Gasteiger partial charge in [0.05, 0.1) is 26.4 Å². The van der Waals surface area contributed by atoms with Crippen molar-refractivity contribution in [1.82, 2.24) is 0 Å². The predicted octanol–water partition coefficient (Wildman–Crippen LogP) is 19.7. The van der Waals surface area contributed by atoms with Gasteiger partial charge in [-0.25, -0.2) is 9.13 Å². The molecule has 19 heteroatoms. The highest BCUT2D eigenvalue weighted by Crippen LogP contribution is 2.45. The van der Waals surface area contributed by atoms with E-state index in [2.05, 4.69) is 34.6 Å². The summed E-state index contributed by atoms with van der Waals surface area (Å²) >= 11 is 0. The second kappa shape index (κ2) is 62.5. The zero-order valence-corrected chi connectivity index (χ0v) is 58.6. The van der Waals surface area contributed by atoms with Crippen LogP contribution in [0.5, 0.6) is 0 Å². The Balaban J connectivity index is 5.20. The van der Waals surface area contributed by atoms with Gasteiger partial charge < -0.3 is 33.8 Å². The van der Waals surface area contributed by atoms with Gasteiger partial charge in [0, 0.05) is 25.7 Å². The molecule has 0 aliphatic heterocycles. The summed E-state index contributed by atoms with van der Waals surface area (Å²) in [6, 6.07) is 0. The number of aliphatic hydroxyl groups is 1. The highest BCUT2D eigenvalue weighted by Gasteiger charge is 2.30. The molecule has 5 atom stereocenters. The Hall–Kier alpha value is -1.94. The minimum absolute atomic E-state index is 0.104. The Labute approximate surface area is 537 Å². The molecule has 0 fully saturated rings. The van der Waals surface area contributed by atoms with Crippen molar-refractivity contribution < 1.29 is 80.2 Å². The van der Waals surface area contributed by atoms with Crippen LogP contribution >= 0.6 is 15.6 Å². The molecule has 0 aromatic rings. The van der Waals surface area contributed by atoms with Crippen molar-refractivity contribution in [2.75, 3.05) is 39.6 Å². The standard InChI is InChI=1S/C69H134O17P2/c1-6-9-12-15-18-20-22-24-26-27-29-31-33-39-44-49-54-68(73)85-65(59-80-67(72)53-48-43-38-32-30-28-25-23-21-19-16-13-10-7-2)61-84-88(77,78)82-57-63(70)56-81-87(75,76)83-60-64(58-79-66(71)52-47-42-36-17-14-11-8-3)86-69(74)55-50-45-40-35-34-37-41-46-51-62(4)5/h62-65,70H,6-61H2,1-5H3,(H,75,76)(H,77,78)/t63-,64+,65+/m0/s1. The van der Waals surface area contributed by atoms with Gasteiger partial charge in [0.15, 0.2) is 12.2 Å². The third kappa shape index (κ3) is 62.8. The number of phosphoric acid groups is 2. The number of carbonyl (C=O) groups excluding carboxylic acids is 4. The molecule has 2 unspecified atom stereocenters. The van der Waals surface area contributed by atoms with Crippen LogP contribution in [-0.4, -0.2) is 96.7 Å². The van der Waals surface area contributed by atoms with E-state index in [9.17, 15) is 43.2 Å². The number of hydrogen-bond donors (Lipinski definition) is 3. The van der Waals surface area contributed by atoms with Crippen molar-refractivity contribution in [3.63, 3.8) is 0 Å². The number of esters is 4. The summed E-state index contributed by atoms with van der Waals surface area (Å²) in [5.74, 6) is -1.41. The average molecular weight is 1300 g/mol. The first-order valence-corrected chi connectivity index (χ1v) is 39.1. The van der Waals surface area contributed by atoms with Crippen LogP contribution in [0.2, 0.25) is 0 Å². The van der Waals surface area contributed by atoms with E-state index in [0.717, 1.165) is 109 Å². The quantitative estimate of drug-likeness (QED) is 0.0222. The van der Waals surface area contributed by atoms with E-state index < -0.39 is 97.5 Å². The minimum atomic E-state index is -4.95. The fourth-order valence-electron chi connectivity index (χ4n) is 10.5. The molecule has 0 radical (unpaired) electrons. The molecule has 3 N–H and O–H groups in total. The molecule has 0 aliphatic carbocycles. The van der Waals surface area contributed by atoms with Gasteiger partial charge in [0.1, 0.15) is 19.3 Å². The number of ether oxygens (including phenoxy) is 4. The lowest BCUT2D eigenvalue weighted by Crippen LogP contribution is -2.30. The molecule has 0 spiro atoms. The van der Waals surface area contributed by atoms with Crippen LogP contribution in [0.25, 0.3) is 0 Å². The molecule has 522 valence electrons. The second-order valence-electron chi connectivity index (χ2n) is 25.4. The van der Waals surface area contributed by atoms with Crippen LogP contribution in [0.3, 0.4) is 0 Å². The topological polar surface area (TPSA) is 237 Å². The monoisotopic (exact) mass is 1300 g/mol. The van der Waals surface area contributed by atoms with Crippen LogP contribution in [0.4, 0.5) is 0 Å². The largest absolute Gasteiger partial charge is 0.472 e. The van der Waals surface area contributed by atoms with E-state index >= 15 is 0 Å². The molecule has 0 heterocycles. The first kappa shape index (κ1) is 86.1. The van der Waals surface area contributed by atoms with E-state index in [1.807, 2.05) is 0 Å². The molecular formula is C69H134O17P2. The zero-order valence-electron chi connectivity index (χ0n) is 56.9. The highest BCUT2D eigenvalue weighted by molar-refractivity contribution is 7.47. The van der Waals surface area contributed by atoms with Gasteiger partial charge in [0.2, 0.25) is 0 Å². The normalized spacial score (nSPS) is 14.1. The van der Waals surface area contributed by atoms with Crippen molar-refractivity contribution in [3.05, 3.63) is 0 Å². The number of carbonyl (C=O) groups is 4. The molecule has 0 amide bonds. The van der Waals surface area contributed by atoms with Gasteiger partial charge >= 0.3 is 39.5 Å². The smallest absolute Gasteiger partial charge is 0.462 e. The molecule has 88 heavy (non-hydrogen) atoms. The Morgan fingerprint density at radius 3 is 0.773 bits per heavy atom. The Bertz CT molecular complexity index is 1700. The maximum atomic E-state index is 13.0. The lowest BCUT2D eigenvalue weighted by atomic mass is 10.0. The van der Waals surface area contributed by atoms with E-state index in [0.29, 0.717) is 25.7 Å². The summed E-state index contributed by atoms with van der Waals surface area (Å²) in [5.41, 5.74) is 0. The van der Waals surface area contributed by atoms with Crippen LogP contribution < -0.4 is 0 Å². The molecule has 0 bridgehead atoms. The number of rotatable bonds is 69. The molecule has 0 aromatic carbocycles. The Morgan fingerprint density at radius 2 is 0.523 bits per heavy atom. The van der Waals surface area contributed by atoms with E-state index in [1.54, 1.807) is 0 Å². The van der Waals surface area contributed by atoms with Gasteiger partial charge in [-0.05, 0) is 31.6 Å². The lowest BCUT2D eigenvalue weighted by Gasteiger charge is -2.21. The summed E-state index contributed by atoms with van der Waals surface area (Å²) in [5, 5.41) is 10.6. The number of hydrogen-bond acceptors (Lipinski definition) is 15. The van der Waals surface area contributed by atoms with Crippen LogP contribution in [0.15, 0.2) is 0 Å². The van der Waals surface area contributed by atoms with Crippen LogP contribution in [0, 0.1) is 5.92 Å². The molecule has 0 saturated carbocycles. The van der Waals surface area contributed by atoms with Gasteiger partial charge in [-0.3, -0.25) is 37.3 Å². The molecule has 0 aromatic heterocycles. The van der Waals surface area contributed by atoms with E-state index in [-0.39, 0.29) is 25.7 Å². The van der Waals surface area contributed by atoms with Crippen molar-refractivity contribution >= 4 is 39.5 Å². The summed E-state index contributed by atoms with van der Waals surface area (Å²) < 4.78 is 68.1. The predicted molar refractivity (Wildman–Crippen MR) is 354 cm³/mol. The van der Waals surface area contributed by atoms with Crippen LogP contribution in [-0.2, 0) is 65.4 Å². The molecule has 0 aliphatic rings. The maximum absolute atomic E-state index is 13.0. The summed E-state index contributed by atoms with van der Waals surface area (Å²) in [6.45, 7) is 7.16. The summed E-state index contributed by atoms with van der Waals surface area (Å²) in [7, 11) is -9.89. The third-order valence-electron chi connectivity index (χ3n) is 16.0. The van der Waals surface area contributed by atoms with Gasteiger partial charge in [-0.1, -0.05) is 304 Å². The SMILES string of the molecule is CCCCCCCCCCCCCCCCCCC(=O)O[C@H](COC(=O)CCCCCCCCCCCCCCCC)COP(=O)(O)OC[C@@H](O)COP(=O)(O)OC[C@@H](COC(=O)CCCCCCCCC)OC(=O)CCCCCCCCCCC(C)C. The molecular weight excluding hydrogens is 1160 g/mol. The highest BCUT2D eigenvalue weighted by atomic mass is 31.2. The molecule has 0 rings (SSSR count). The Kier molecular flexibility index (Phi) is 61.1. The second-order valence-corrected chi connectivity index (χ2v) is 28.3. The fraction of sp³-hybridized carbons (Fsp3) is 0.942. The summed E-state index contributed by atoms with van der Waals surface area (Å²) in [4.78, 5) is 72.4. The van der Waals surface area contributed by atoms with Crippen LogP contribution in [0.1, 0.15) is 356 Å². The first-order chi connectivity index (χ1) is 42.5. The zero-order chi connectivity index (χ0) is 64.9. The van der Waals surface area contributed by atoms with Crippen molar-refractivity contribution in [3.8, 4) is 0 Å². The first-order valence-electron chi connectivity index (χ1n) is 36.1. The number of unbranched alkanes of at least 4 members (excludes halogenated alkanes) is 41.